The van der Waals surface area contributed by atoms with Crippen LogP contribution in [0.5, 0.6) is 0 Å². The van der Waals surface area contributed by atoms with Gasteiger partial charge in [-0.3, -0.25) is 4.79 Å². The average molecular weight is 519 g/mol. The minimum absolute atomic E-state index is 0.00521. The summed E-state index contributed by atoms with van der Waals surface area (Å²) in [6, 6.07) is 0. The van der Waals surface area contributed by atoms with Crippen molar-refractivity contribution in [2.75, 3.05) is 7.11 Å². The SMILES string of the molecule is CO[C@H]1O[C@H](C)[C@@H](OC(=O)C[C@@H](C)C(C)C)[C@H](O[Si](C)(C)C(C)(C)C)[C@H]1O[Si](C)(C)C(C)(C)C. The number of esters is 1. The zero-order valence-electron chi connectivity index (χ0n) is 24.7. The lowest BCUT2D eigenvalue weighted by Crippen LogP contribution is -2.65. The maximum atomic E-state index is 13.0. The maximum Gasteiger partial charge on any atom is 0.306 e. The average Bonchev–Trinajstić information content (AvgIpc) is 2.64. The van der Waals surface area contributed by atoms with E-state index >= 15 is 0 Å². The molecule has 0 saturated carbocycles. The van der Waals surface area contributed by atoms with E-state index in [0.717, 1.165) is 0 Å². The highest BCUT2D eigenvalue weighted by Gasteiger charge is 2.54. The smallest absolute Gasteiger partial charge is 0.306 e. The Balaban J connectivity index is 3.44. The number of carbonyl (C=O) groups excluding carboxylic acids is 1. The molecule has 0 spiro atoms. The van der Waals surface area contributed by atoms with Crippen LogP contribution in [0.15, 0.2) is 0 Å². The lowest BCUT2D eigenvalue weighted by molar-refractivity contribution is -0.283. The van der Waals surface area contributed by atoms with Crippen LogP contribution in [0.4, 0.5) is 0 Å². The molecule has 0 N–H and O–H groups in total. The third kappa shape index (κ3) is 7.87. The predicted molar refractivity (Wildman–Crippen MR) is 144 cm³/mol. The first-order valence-corrected chi connectivity index (χ1v) is 18.7. The van der Waals surface area contributed by atoms with E-state index in [0.29, 0.717) is 12.3 Å². The maximum absolute atomic E-state index is 13.0. The second kappa shape index (κ2) is 11.4. The molecule has 0 bridgehead atoms. The minimum atomic E-state index is -2.24. The van der Waals surface area contributed by atoms with Gasteiger partial charge in [-0.05, 0) is 55.0 Å². The van der Waals surface area contributed by atoms with Crippen molar-refractivity contribution >= 4 is 22.6 Å². The number of hydrogen-bond donors (Lipinski definition) is 0. The van der Waals surface area contributed by atoms with Crippen LogP contribution in [0, 0.1) is 11.8 Å². The van der Waals surface area contributed by atoms with Crippen LogP contribution in [0.1, 0.15) is 75.7 Å². The van der Waals surface area contributed by atoms with Crippen LogP contribution in [0.25, 0.3) is 0 Å². The quantitative estimate of drug-likeness (QED) is 0.248. The van der Waals surface area contributed by atoms with Crippen molar-refractivity contribution in [2.45, 2.75) is 143 Å². The van der Waals surface area contributed by atoms with Gasteiger partial charge in [0, 0.05) is 13.5 Å². The molecule has 0 aromatic heterocycles. The molecule has 1 aliphatic heterocycles. The van der Waals surface area contributed by atoms with E-state index in [2.05, 4.69) is 88.5 Å². The fourth-order valence-electron chi connectivity index (χ4n) is 3.32. The van der Waals surface area contributed by atoms with E-state index in [1.165, 1.54) is 0 Å². The van der Waals surface area contributed by atoms with Gasteiger partial charge in [0.15, 0.2) is 29.0 Å². The van der Waals surface area contributed by atoms with Crippen LogP contribution < -0.4 is 0 Å². The zero-order chi connectivity index (χ0) is 26.9. The van der Waals surface area contributed by atoms with Crippen LogP contribution in [0.2, 0.25) is 36.3 Å². The van der Waals surface area contributed by atoms with Crippen molar-refractivity contribution in [3.8, 4) is 0 Å². The van der Waals surface area contributed by atoms with Gasteiger partial charge in [-0.15, -0.1) is 0 Å². The van der Waals surface area contributed by atoms with Crippen molar-refractivity contribution in [1.82, 2.24) is 0 Å². The van der Waals surface area contributed by atoms with Crippen LogP contribution in [0.3, 0.4) is 0 Å². The molecule has 202 valence electrons. The fraction of sp³-hybridized carbons (Fsp3) is 0.962. The second-order valence-corrected chi connectivity index (χ2v) is 23.0. The Morgan fingerprint density at radius 3 is 1.68 bits per heavy atom. The molecule has 0 unspecified atom stereocenters. The van der Waals surface area contributed by atoms with E-state index in [4.69, 9.17) is 23.1 Å². The molecule has 0 aromatic carbocycles. The van der Waals surface area contributed by atoms with Crippen molar-refractivity contribution in [2.24, 2.45) is 11.8 Å². The summed E-state index contributed by atoms with van der Waals surface area (Å²) in [5.41, 5.74) is 0. The van der Waals surface area contributed by atoms with Gasteiger partial charge in [0.1, 0.15) is 12.2 Å². The molecule has 1 aliphatic rings. The van der Waals surface area contributed by atoms with Gasteiger partial charge in [-0.2, -0.15) is 0 Å². The monoisotopic (exact) mass is 518 g/mol. The highest BCUT2D eigenvalue weighted by atomic mass is 28.4. The number of methoxy groups -OCH3 is 1. The third-order valence-electron chi connectivity index (χ3n) is 8.33. The van der Waals surface area contributed by atoms with Gasteiger partial charge in [-0.1, -0.05) is 62.3 Å². The fourth-order valence-corrected chi connectivity index (χ4v) is 5.90. The highest BCUT2D eigenvalue weighted by Crippen LogP contribution is 2.43. The Kier molecular flexibility index (Phi) is 10.7. The van der Waals surface area contributed by atoms with E-state index in [-0.39, 0.29) is 28.1 Å². The molecule has 0 amide bonds. The topological polar surface area (TPSA) is 63.2 Å². The first kappa shape index (κ1) is 31.8. The van der Waals surface area contributed by atoms with E-state index in [1.807, 2.05) is 6.92 Å². The van der Waals surface area contributed by atoms with Gasteiger partial charge in [-0.25, -0.2) is 0 Å². The van der Waals surface area contributed by atoms with Gasteiger partial charge in [0.2, 0.25) is 0 Å². The summed E-state index contributed by atoms with van der Waals surface area (Å²) in [5.74, 6) is 0.421. The standard InChI is InChI=1S/C26H54O6Si2/c1-17(2)18(3)16-20(27)30-21-19(4)29-24(28-11)23(32-34(14,15)26(8,9)10)22(21)31-33(12,13)25(5,6)7/h17-19,21-24H,16H2,1-15H3/t18-,19-,21-,22+,23-,24+/m1/s1. The molecule has 0 aromatic rings. The van der Waals surface area contributed by atoms with E-state index < -0.39 is 41.2 Å². The van der Waals surface area contributed by atoms with E-state index in [1.54, 1.807) is 7.11 Å². The first-order chi connectivity index (χ1) is 15.1. The van der Waals surface area contributed by atoms with Gasteiger partial charge < -0.3 is 23.1 Å². The molecule has 1 saturated heterocycles. The summed E-state index contributed by atoms with van der Waals surface area (Å²) in [7, 11) is -2.81. The summed E-state index contributed by atoms with van der Waals surface area (Å²) in [6.07, 6.45) is -2.13. The molecule has 1 rings (SSSR count). The molecule has 1 heterocycles. The van der Waals surface area contributed by atoms with Gasteiger partial charge in [0.25, 0.3) is 0 Å². The molecule has 0 aliphatic carbocycles. The number of carbonyl (C=O) groups is 1. The molecule has 6 atom stereocenters. The van der Waals surface area contributed by atoms with Crippen molar-refractivity contribution in [1.29, 1.82) is 0 Å². The summed E-state index contributed by atoms with van der Waals surface area (Å²) in [4.78, 5) is 13.0. The molecule has 0 radical (unpaired) electrons. The Morgan fingerprint density at radius 1 is 0.853 bits per heavy atom. The largest absolute Gasteiger partial charge is 0.457 e. The van der Waals surface area contributed by atoms with Gasteiger partial charge in [0.05, 0.1) is 6.10 Å². The van der Waals surface area contributed by atoms with Crippen molar-refractivity contribution < 1.29 is 27.9 Å². The Labute approximate surface area is 212 Å². The summed E-state index contributed by atoms with van der Waals surface area (Å²) < 4.78 is 32.0. The Hall–Kier alpha value is -0.256. The zero-order valence-corrected chi connectivity index (χ0v) is 26.7. The van der Waals surface area contributed by atoms with Crippen molar-refractivity contribution in [3.05, 3.63) is 0 Å². The third-order valence-corrected chi connectivity index (χ3v) is 17.3. The molecule has 8 heteroatoms. The van der Waals surface area contributed by atoms with Crippen LogP contribution >= 0.6 is 0 Å². The molecule has 1 fully saturated rings. The molecule has 34 heavy (non-hydrogen) atoms. The second-order valence-electron chi connectivity index (χ2n) is 13.5. The minimum Gasteiger partial charge on any atom is -0.457 e. The number of rotatable bonds is 9. The Bertz CT molecular complexity index is 665. The summed E-state index contributed by atoms with van der Waals surface area (Å²) in [5, 5.41) is -0.0197. The number of hydrogen-bond acceptors (Lipinski definition) is 6. The summed E-state index contributed by atoms with van der Waals surface area (Å²) >= 11 is 0. The van der Waals surface area contributed by atoms with Crippen molar-refractivity contribution in [3.63, 3.8) is 0 Å². The molecule has 6 nitrogen and oxygen atoms in total. The normalized spacial score (nSPS) is 28.2. The summed E-state index contributed by atoms with van der Waals surface area (Å²) in [6.45, 7) is 30.4. The first-order valence-electron chi connectivity index (χ1n) is 12.9. The van der Waals surface area contributed by atoms with Gasteiger partial charge >= 0.3 is 5.97 Å². The van der Waals surface area contributed by atoms with Crippen LogP contribution in [-0.2, 0) is 27.9 Å². The lowest BCUT2D eigenvalue weighted by atomic mass is 9.94. The lowest BCUT2D eigenvalue weighted by Gasteiger charge is -2.51. The number of ether oxygens (including phenoxy) is 3. The molecular weight excluding hydrogens is 464 g/mol. The van der Waals surface area contributed by atoms with E-state index in [9.17, 15) is 4.79 Å². The molecular formula is C26H54O6Si2. The highest BCUT2D eigenvalue weighted by molar-refractivity contribution is 6.74. The predicted octanol–water partition coefficient (Wildman–Crippen LogP) is 6.75. The van der Waals surface area contributed by atoms with Crippen LogP contribution in [-0.4, -0.2) is 60.4 Å². The Morgan fingerprint density at radius 2 is 1.29 bits per heavy atom.